The summed E-state index contributed by atoms with van der Waals surface area (Å²) in [4.78, 5) is 43.8. The van der Waals surface area contributed by atoms with Crippen LogP contribution < -0.4 is 0 Å². The van der Waals surface area contributed by atoms with Gasteiger partial charge in [-0.2, -0.15) is 5.06 Å². The number of hydrogen-bond donors (Lipinski definition) is 0. The van der Waals surface area contributed by atoms with Gasteiger partial charge in [0.15, 0.2) is 0 Å². The number of allylic oxidation sites excluding steroid dienone is 6. The molecular formula is C34H49NO5. The van der Waals surface area contributed by atoms with E-state index in [4.69, 9.17) is 9.57 Å². The van der Waals surface area contributed by atoms with Gasteiger partial charge in [-0.25, -0.2) is 4.79 Å². The highest BCUT2D eigenvalue weighted by Gasteiger charge is 2.49. The predicted molar refractivity (Wildman–Crippen MR) is 160 cm³/mol. The molecule has 3 atom stereocenters. The van der Waals surface area contributed by atoms with E-state index >= 15 is 0 Å². The summed E-state index contributed by atoms with van der Waals surface area (Å²) in [6.45, 7) is 5.88. The third-order valence-corrected chi connectivity index (χ3v) is 6.90. The van der Waals surface area contributed by atoms with Crippen molar-refractivity contribution in [2.24, 2.45) is 5.92 Å². The van der Waals surface area contributed by atoms with Crippen molar-refractivity contribution in [3.63, 3.8) is 0 Å². The standard InChI is InChI=1S/C34H49NO5/c1-4-6-7-8-9-10-11-12-13-14-15-16-17-18-22-25-32(36)40-35(33(37)28(3)34(38)39-26-5-2)31-27-30(31)29-23-20-19-21-24-29/h9-10,12-13,15-16,19-21,23-24,28,30-31H,4-8,11,14,17-18,22,25-27H2,1-3H3/b10-9-,13-12-,16-15-. The molecule has 220 valence electrons. The second kappa shape index (κ2) is 19.8. The summed E-state index contributed by atoms with van der Waals surface area (Å²) in [6.07, 6.45) is 24.1. The molecular weight excluding hydrogens is 502 g/mol. The van der Waals surface area contributed by atoms with Gasteiger partial charge in [-0.15, -0.1) is 0 Å². The van der Waals surface area contributed by atoms with Crippen LogP contribution in [-0.2, 0) is 24.0 Å². The molecule has 40 heavy (non-hydrogen) atoms. The number of amides is 1. The molecule has 1 saturated carbocycles. The Morgan fingerprint density at radius 1 is 0.875 bits per heavy atom. The average molecular weight is 552 g/mol. The van der Waals surface area contributed by atoms with E-state index in [1.165, 1.54) is 32.6 Å². The lowest BCUT2D eigenvalue weighted by atomic mass is 10.1. The summed E-state index contributed by atoms with van der Waals surface area (Å²) in [5.74, 6) is -2.52. The molecule has 0 aliphatic heterocycles. The average Bonchev–Trinajstić information content (AvgIpc) is 3.77. The summed E-state index contributed by atoms with van der Waals surface area (Å²) in [7, 11) is 0. The number of nitrogens with zero attached hydrogens (tertiary/aromatic N) is 1. The maximum atomic E-state index is 13.2. The third-order valence-electron chi connectivity index (χ3n) is 6.90. The number of unbranched alkanes of at least 4 members (excludes halogenated alkanes) is 5. The number of esters is 1. The molecule has 0 radical (unpaired) electrons. The first kappa shape index (κ1) is 33.1. The zero-order chi connectivity index (χ0) is 29.0. The van der Waals surface area contributed by atoms with Gasteiger partial charge in [0.2, 0.25) is 0 Å². The van der Waals surface area contributed by atoms with Crippen molar-refractivity contribution in [1.82, 2.24) is 5.06 Å². The molecule has 1 aromatic rings. The van der Waals surface area contributed by atoms with Crippen LogP contribution in [0.5, 0.6) is 0 Å². The molecule has 6 nitrogen and oxygen atoms in total. The first-order chi connectivity index (χ1) is 19.5. The third kappa shape index (κ3) is 12.8. The molecule has 0 bridgehead atoms. The number of hydroxylamine groups is 2. The topological polar surface area (TPSA) is 72.9 Å². The number of hydrogen-bond acceptors (Lipinski definition) is 5. The van der Waals surface area contributed by atoms with Crippen LogP contribution in [0.2, 0.25) is 0 Å². The van der Waals surface area contributed by atoms with Crippen molar-refractivity contribution < 1.29 is 24.0 Å². The van der Waals surface area contributed by atoms with Gasteiger partial charge in [-0.05, 0) is 70.3 Å². The maximum absolute atomic E-state index is 13.2. The fraction of sp³-hybridized carbons (Fsp3) is 0.559. The van der Waals surface area contributed by atoms with Gasteiger partial charge < -0.3 is 9.57 Å². The summed E-state index contributed by atoms with van der Waals surface area (Å²) >= 11 is 0. The zero-order valence-electron chi connectivity index (χ0n) is 24.8. The van der Waals surface area contributed by atoms with E-state index < -0.39 is 23.8 Å². The fourth-order valence-electron chi connectivity index (χ4n) is 4.37. The molecule has 1 fully saturated rings. The normalized spacial score (nSPS) is 17.4. The summed E-state index contributed by atoms with van der Waals surface area (Å²) < 4.78 is 5.16. The smallest absolute Gasteiger partial charge is 0.332 e. The van der Waals surface area contributed by atoms with Crippen molar-refractivity contribution in [1.29, 1.82) is 0 Å². The lowest BCUT2D eigenvalue weighted by molar-refractivity contribution is -0.205. The Kier molecular flexibility index (Phi) is 16.4. The van der Waals surface area contributed by atoms with Gasteiger partial charge in [0, 0.05) is 12.3 Å². The monoisotopic (exact) mass is 551 g/mol. The van der Waals surface area contributed by atoms with Crippen molar-refractivity contribution in [2.75, 3.05) is 6.61 Å². The zero-order valence-corrected chi connectivity index (χ0v) is 24.8. The minimum Gasteiger partial charge on any atom is -0.465 e. The quantitative estimate of drug-likeness (QED) is 0.0572. The number of benzene rings is 1. The van der Waals surface area contributed by atoms with Gasteiger partial charge in [-0.1, -0.05) is 93.5 Å². The second-order valence-corrected chi connectivity index (χ2v) is 10.5. The highest BCUT2D eigenvalue weighted by Crippen LogP contribution is 2.45. The van der Waals surface area contributed by atoms with Gasteiger partial charge in [-0.3, -0.25) is 9.59 Å². The molecule has 1 amide bonds. The molecule has 0 spiro atoms. The van der Waals surface area contributed by atoms with Crippen LogP contribution in [0, 0.1) is 5.92 Å². The Balaban J connectivity index is 1.74. The first-order valence-corrected chi connectivity index (χ1v) is 15.2. The molecule has 0 aromatic heterocycles. The lowest BCUT2D eigenvalue weighted by Gasteiger charge is -2.24. The Morgan fingerprint density at radius 2 is 1.50 bits per heavy atom. The number of carbonyl (C=O) groups excluding carboxylic acids is 3. The highest BCUT2D eigenvalue weighted by atomic mass is 16.7. The molecule has 0 heterocycles. The summed E-state index contributed by atoms with van der Waals surface area (Å²) in [6, 6.07) is 9.58. The van der Waals surface area contributed by atoms with Gasteiger partial charge in [0.05, 0.1) is 12.6 Å². The Labute approximate surface area is 241 Å². The minimum atomic E-state index is -1.03. The van der Waals surface area contributed by atoms with E-state index in [2.05, 4.69) is 43.4 Å². The minimum absolute atomic E-state index is 0.0813. The number of rotatable bonds is 19. The molecule has 0 saturated heterocycles. The lowest BCUT2D eigenvalue weighted by Crippen LogP contribution is -2.42. The van der Waals surface area contributed by atoms with Crippen molar-refractivity contribution in [2.45, 2.75) is 110 Å². The summed E-state index contributed by atoms with van der Waals surface area (Å²) in [5, 5.41) is 1.14. The van der Waals surface area contributed by atoms with Crippen LogP contribution in [0.3, 0.4) is 0 Å². The largest absolute Gasteiger partial charge is 0.465 e. The van der Waals surface area contributed by atoms with E-state index in [0.717, 1.165) is 36.3 Å². The molecule has 2 rings (SSSR count). The Bertz CT molecular complexity index is 968. The molecule has 0 N–H and O–H groups in total. The number of ether oxygens (including phenoxy) is 1. The van der Waals surface area contributed by atoms with E-state index in [-0.39, 0.29) is 25.0 Å². The van der Waals surface area contributed by atoms with Crippen LogP contribution in [0.15, 0.2) is 66.8 Å². The van der Waals surface area contributed by atoms with E-state index in [1.54, 1.807) is 0 Å². The SMILES string of the molecule is CCCCC/C=C\C/C=C\C/C=C\CCCCC(=O)ON(C(=O)C(C)C(=O)OCCC)C1CC1c1ccccc1. The molecule has 1 aliphatic carbocycles. The highest BCUT2D eigenvalue weighted by molar-refractivity contribution is 5.97. The van der Waals surface area contributed by atoms with Crippen molar-refractivity contribution in [3.8, 4) is 0 Å². The van der Waals surface area contributed by atoms with Crippen molar-refractivity contribution >= 4 is 17.8 Å². The Hall–Kier alpha value is -3.15. The van der Waals surface area contributed by atoms with Gasteiger partial charge >= 0.3 is 11.9 Å². The molecule has 1 aliphatic rings. The van der Waals surface area contributed by atoms with Gasteiger partial charge in [0.1, 0.15) is 5.92 Å². The second-order valence-electron chi connectivity index (χ2n) is 10.5. The van der Waals surface area contributed by atoms with Crippen LogP contribution in [0.4, 0.5) is 0 Å². The van der Waals surface area contributed by atoms with Crippen LogP contribution in [0.1, 0.15) is 109 Å². The maximum Gasteiger partial charge on any atom is 0.332 e. The van der Waals surface area contributed by atoms with E-state index in [9.17, 15) is 14.4 Å². The summed E-state index contributed by atoms with van der Waals surface area (Å²) in [5.41, 5.74) is 1.09. The van der Waals surface area contributed by atoms with Crippen LogP contribution >= 0.6 is 0 Å². The van der Waals surface area contributed by atoms with E-state index in [1.807, 2.05) is 37.3 Å². The van der Waals surface area contributed by atoms with E-state index in [0.29, 0.717) is 19.3 Å². The van der Waals surface area contributed by atoms with Crippen LogP contribution in [-0.4, -0.2) is 35.6 Å². The van der Waals surface area contributed by atoms with Crippen molar-refractivity contribution in [3.05, 3.63) is 72.4 Å². The van der Waals surface area contributed by atoms with Crippen LogP contribution in [0.25, 0.3) is 0 Å². The molecule has 6 heteroatoms. The van der Waals surface area contributed by atoms with Gasteiger partial charge in [0.25, 0.3) is 5.91 Å². The number of carbonyl (C=O) groups is 3. The Morgan fingerprint density at radius 3 is 2.12 bits per heavy atom. The predicted octanol–water partition coefficient (Wildman–Crippen LogP) is 8.01. The molecule has 1 aromatic carbocycles. The molecule has 3 unspecified atom stereocenters. The fourth-order valence-corrected chi connectivity index (χ4v) is 4.37. The first-order valence-electron chi connectivity index (χ1n) is 15.2.